The van der Waals surface area contributed by atoms with E-state index in [-0.39, 0.29) is 11.9 Å². The van der Waals surface area contributed by atoms with Crippen molar-refractivity contribution in [3.8, 4) is 0 Å². The lowest BCUT2D eigenvalue weighted by Crippen LogP contribution is -2.28. The minimum absolute atomic E-state index is 0.0676. The lowest BCUT2D eigenvalue weighted by atomic mass is 10.0. The van der Waals surface area contributed by atoms with Crippen LogP contribution in [0.25, 0.3) is 0 Å². The molecule has 1 aromatic carbocycles. The number of carbonyl (C=O) groups is 1. The number of carbonyl (C=O) groups excluding carboxylic acids is 1. The fraction of sp³-hybridized carbons (Fsp3) is 0.250. The second-order valence-corrected chi connectivity index (χ2v) is 5.63. The number of nitrogens with zero attached hydrogens (tertiary/aromatic N) is 1. The Bertz CT molecular complexity index is 621. The largest absolute Gasteiger partial charge is 0.345 e. The molecule has 2 rings (SSSR count). The van der Waals surface area contributed by atoms with Crippen LogP contribution in [-0.4, -0.2) is 10.9 Å². The molecule has 0 fully saturated rings. The van der Waals surface area contributed by atoms with Crippen molar-refractivity contribution in [2.24, 2.45) is 0 Å². The van der Waals surface area contributed by atoms with E-state index in [4.69, 9.17) is 23.2 Å². The first-order valence-electron chi connectivity index (χ1n) is 6.70. The summed E-state index contributed by atoms with van der Waals surface area (Å²) in [6, 6.07) is 10.7. The van der Waals surface area contributed by atoms with Crippen LogP contribution in [0.3, 0.4) is 0 Å². The van der Waals surface area contributed by atoms with E-state index in [9.17, 15) is 4.79 Å². The number of hydrogen-bond donors (Lipinski definition) is 1. The van der Waals surface area contributed by atoms with Crippen molar-refractivity contribution in [2.75, 3.05) is 0 Å². The van der Waals surface area contributed by atoms with Gasteiger partial charge in [0.1, 0.15) is 5.15 Å². The van der Waals surface area contributed by atoms with Crippen LogP contribution in [0.1, 0.15) is 41.0 Å². The number of aryl methyl sites for hydroxylation is 1. The minimum Gasteiger partial charge on any atom is -0.345 e. The molecule has 0 bridgehead atoms. The van der Waals surface area contributed by atoms with E-state index in [1.54, 1.807) is 19.1 Å². The first kappa shape index (κ1) is 15.8. The summed E-state index contributed by atoms with van der Waals surface area (Å²) in [5.74, 6) is -0.163. The molecule has 1 heterocycles. The van der Waals surface area contributed by atoms with Crippen LogP contribution in [-0.2, 0) is 0 Å². The van der Waals surface area contributed by atoms with Crippen molar-refractivity contribution in [1.29, 1.82) is 0 Å². The molecule has 0 saturated carbocycles. The summed E-state index contributed by atoms with van der Waals surface area (Å²) in [7, 11) is 0. The molecule has 1 aromatic heterocycles. The Labute approximate surface area is 134 Å². The van der Waals surface area contributed by atoms with Gasteiger partial charge in [-0.15, -0.1) is 0 Å². The van der Waals surface area contributed by atoms with Crippen LogP contribution in [0.5, 0.6) is 0 Å². The standard InChI is InChI=1S/C16H16Cl2N2O/c1-3-14(11-4-6-13(17)7-5-11)20-16(21)12-8-10(2)19-15(18)9-12/h4-9,14H,3H2,1-2H3,(H,20,21). The number of halogens is 2. The third-order valence-electron chi connectivity index (χ3n) is 3.17. The SMILES string of the molecule is CCC(NC(=O)c1cc(C)nc(Cl)c1)c1ccc(Cl)cc1. The summed E-state index contributed by atoms with van der Waals surface area (Å²) in [6.07, 6.45) is 0.783. The maximum Gasteiger partial charge on any atom is 0.251 e. The highest BCUT2D eigenvalue weighted by Gasteiger charge is 2.15. The maximum atomic E-state index is 12.3. The average molecular weight is 323 g/mol. The first-order chi connectivity index (χ1) is 9.99. The van der Waals surface area contributed by atoms with Crippen molar-refractivity contribution in [2.45, 2.75) is 26.3 Å². The number of hydrogen-bond acceptors (Lipinski definition) is 2. The minimum atomic E-state index is -0.163. The zero-order valence-electron chi connectivity index (χ0n) is 11.9. The van der Waals surface area contributed by atoms with E-state index in [1.807, 2.05) is 31.2 Å². The van der Waals surface area contributed by atoms with Crippen molar-refractivity contribution in [3.63, 3.8) is 0 Å². The molecule has 0 aliphatic rings. The van der Waals surface area contributed by atoms with E-state index >= 15 is 0 Å². The second-order valence-electron chi connectivity index (χ2n) is 4.81. The van der Waals surface area contributed by atoms with Gasteiger partial charge in [-0.3, -0.25) is 4.79 Å². The molecular weight excluding hydrogens is 307 g/mol. The van der Waals surface area contributed by atoms with E-state index < -0.39 is 0 Å². The van der Waals surface area contributed by atoms with E-state index in [2.05, 4.69) is 10.3 Å². The van der Waals surface area contributed by atoms with Crippen LogP contribution < -0.4 is 5.32 Å². The van der Waals surface area contributed by atoms with Crippen LogP contribution in [0, 0.1) is 6.92 Å². The van der Waals surface area contributed by atoms with E-state index in [0.29, 0.717) is 21.4 Å². The lowest BCUT2D eigenvalue weighted by Gasteiger charge is -2.18. The highest BCUT2D eigenvalue weighted by molar-refractivity contribution is 6.30. The Morgan fingerprint density at radius 1 is 1.24 bits per heavy atom. The molecule has 2 aromatic rings. The van der Waals surface area contributed by atoms with Gasteiger partial charge in [0.05, 0.1) is 6.04 Å². The Morgan fingerprint density at radius 2 is 1.90 bits per heavy atom. The lowest BCUT2D eigenvalue weighted by molar-refractivity contribution is 0.0935. The molecule has 1 unspecified atom stereocenters. The molecule has 0 radical (unpaired) electrons. The maximum absolute atomic E-state index is 12.3. The molecule has 1 N–H and O–H groups in total. The summed E-state index contributed by atoms with van der Waals surface area (Å²) >= 11 is 11.8. The number of aromatic nitrogens is 1. The predicted octanol–water partition coefficient (Wildman–Crippen LogP) is 4.58. The molecule has 0 spiro atoms. The Hall–Kier alpha value is -1.58. The van der Waals surface area contributed by atoms with Crippen LogP contribution in [0.4, 0.5) is 0 Å². The quantitative estimate of drug-likeness (QED) is 0.837. The van der Waals surface area contributed by atoms with Crippen molar-refractivity contribution >= 4 is 29.1 Å². The molecule has 5 heteroatoms. The Morgan fingerprint density at radius 3 is 2.48 bits per heavy atom. The van der Waals surface area contributed by atoms with Gasteiger partial charge in [-0.25, -0.2) is 4.98 Å². The predicted molar refractivity (Wildman–Crippen MR) is 85.9 cm³/mol. The first-order valence-corrected chi connectivity index (χ1v) is 7.45. The van der Waals surface area contributed by atoms with Crippen LogP contribution >= 0.6 is 23.2 Å². The van der Waals surface area contributed by atoms with Crippen LogP contribution in [0.15, 0.2) is 36.4 Å². The third-order valence-corrected chi connectivity index (χ3v) is 3.62. The number of pyridine rings is 1. The number of rotatable bonds is 4. The molecule has 1 atom stereocenters. The Balaban J connectivity index is 2.18. The fourth-order valence-electron chi connectivity index (χ4n) is 2.12. The molecule has 110 valence electrons. The average Bonchev–Trinajstić information content (AvgIpc) is 2.44. The van der Waals surface area contributed by atoms with Gasteiger partial charge in [-0.05, 0) is 43.2 Å². The van der Waals surface area contributed by atoms with Gasteiger partial charge >= 0.3 is 0 Å². The van der Waals surface area contributed by atoms with Crippen molar-refractivity contribution in [3.05, 3.63) is 63.4 Å². The van der Waals surface area contributed by atoms with E-state index in [0.717, 1.165) is 12.0 Å². The van der Waals surface area contributed by atoms with Gasteiger partial charge in [0, 0.05) is 16.3 Å². The molecule has 0 saturated heterocycles. The molecule has 0 aliphatic heterocycles. The van der Waals surface area contributed by atoms with Gasteiger partial charge in [0.2, 0.25) is 0 Å². The van der Waals surface area contributed by atoms with Gasteiger partial charge in [0.25, 0.3) is 5.91 Å². The fourth-order valence-corrected chi connectivity index (χ4v) is 2.49. The molecule has 1 amide bonds. The van der Waals surface area contributed by atoms with Gasteiger partial charge < -0.3 is 5.32 Å². The van der Waals surface area contributed by atoms with Crippen LogP contribution in [0.2, 0.25) is 10.2 Å². The summed E-state index contributed by atoms with van der Waals surface area (Å²) in [6.45, 7) is 3.82. The molecule has 21 heavy (non-hydrogen) atoms. The summed E-state index contributed by atoms with van der Waals surface area (Å²) in [5.41, 5.74) is 2.25. The highest BCUT2D eigenvalue weighted by atomic mass is 35.5. The van der Waals surface area contributed by atoms with E-state index in [1.165, 1.54) is 0 Å². The number of amides is 1. The smallest absolute Gasteiger partial charge is 0.251 e. The zero-order chi connectivity index (χ0) is 15.4. The number of benzene rings is 1. The molecule has 3 nitrogen and oxygen atoms in total. The summed E-state index contributed by atoms with van der Waals surface area (Å²) < 4.78 is 0. The van der Waals surface area contributed by atoms with Gasteiger partial charge in [-0.1, -0.05) is 42.3 Å². The molecule has 0 aliphatic carbocycles. The monoisotopic (exact) mass is 322 g/mol. The van der Waals surface area contributed by atoms with Crippen molar-refractivity contribution < 1.29 is 4.79 Å². The third kappa shape index (κ3) is 4.19. The zero-order valence-corrected chi connectivity index (χ0v) is 13.4. The Kier molecular flexibility index (Phi) is 5.21. The molecular formula is C16H16Cl2N2O. The van der Waals surface area contributed by atoms with Gasteiger partial charge in [-0.2, -0.15) is 0 Å². The normalized spacial score (nSPS) is 12.0. The topological polar surface area (TPSA) is 42.0 Å². The second kappa shape index (κ2) is 6.92. The summed E-state index contributed by atoms with van der Waals surface area (Å²) in [4.78, 5) is 16.4. The van der Waals surface area contributed by atoms with Crippen molar-refractivity contribution in [1.82, 2.24) is 10.3 Å². The van der Waals surface area contributed by atoms with Gasteiger partial charge in [0.15, 0.2) is 0 Å². The summed E-state index contributed by atoms with van der Waals surface area (Å²) in [5, 5.41) is 4.00. The number of nitrogens with one attached hydrogen (secondary N) is 1. The highest BCUT2D eigenvalue weighted by Crippen LogP contribution is 2.20.